The van der Waals surface area contributed by atoms with E-state index in [-0.39, 0.29) is 11.6 Å². The highest BCUT2D eigenvalue weighted by Crippen LogP contribution is 2.35. The Bertz CT molecular complexity index is 942. The molecule has 1 aliphatic rings. The number of H-pyrrole nitrogens is 1. The summed E-state index contributed by atoms with van der Waals surface area (Å²) in [5.74, 6) is 0.289. The zero-order chi connectivity index (χ0) is 19.0. The minimum absolute atomic E-state index is 0.0247. The number of anilines is 3. The van der Waals surface area contributed by atoms with Crippen LogP contribution in [0, 0.1) is 0 Å². The molecule has 1 saturated heterocycles. The van der Waals surface area contributed by atoms with Crippen LogP contribution in [-0.2, 0) is 6.18 Å². The van der Waals surface area contributed by atoms with Crippen LogP contribution in [0.1, 0.15) is 5.56 Å². The number of nitrogens with zero attached hydrogens (tertiary/aromatic N) is 3. The molecule has 142 valence electrons. The van der Waals surface area contributed by atoms with Crippen molar-refractivity contribution in [2.24, 2.45) is 0 Å². The molecule has 0 radical (unpaired) electrons. The number of halogens is 3. The van der Waals surface area contributed by atoms with Crippen molar-refractivity contribution >= 4 is 28.4 Å². The third-order valence-electron chi connectivity index (χ3n) is 4.82. The molecule has 2 heterocycles. The average molecular weight is 375 g/mol. The molecule has 1 aliphatic heterocycles. The first-order valence-corrected chi connectivity index (χ1v) is 8.77. The maximum Gasteiger partial charge on any atom is 0.418 e. The van der Waals surface area contributed by atoms with Gasteiger partial charge in [-0.2, -0.15) is 13.2 Å². The molecule has 2 aromatic carbocycles. The zero-order valence-electron chi connectivity index (χ0n) is 14.8. The molecule has 5 nitrogen and oxygen atoms in total. The molecule has 4 rings (SSSR count). The number of aromatic amines is 1. The van der Waals surface area contributed by atoms with E-state index in [9.17, 15) is 13.2 Å². The predicted octanol–water partition coefficient (Wildman–Crippen LogP) is 4.08. The maximum absolute atomic E-state index is 13.2. The number of fused-ring (bicyclic) bond motifs is 1. The van der Waals surface area contributed by atoms with Crippen molar-refractivity contribution in [3.63, 3.8) is 0 Å². The summed E-state index contributed by atoms with van der Waals surface area (Å²) in [7, 11) is 2.10. The van der Waals surface area contributed by atoms with Crippen LogP contribution < -0.4 is 10.2 Å². The molecule has 8 heteroatoms. The van der Waals surface area contributed by atoms with E-state index in [1.54, 1.807) is 6.07 Å². The zero-order valence-corrected chi connectivity index (χ0v) is 14.8. The number of imidazole rings is 1. The van der Waals surface area contributed by atoms with Gasteiger partial charge in [0.05, 0.1) is 22.3 Å². The lowest BCUT2D eigenvalue weighted by Crippen LogP contribution is -2.44. The summed E-state index contributed by atoms with van der Waals surface area (Å²) in [6.45, 7) is 3.89. The smallest absolute Gasteiger partial charge is 0.369 e. The highest BCUT2D eigenvalue weighted by Gasteiger charge is 2.33. The van der Waals surface area contributed by atoms with E-state index in [1.807, 2.05) is 18.2 Å². The molecule has 0 aliphatic carbocycles. The van der Waals surface area contributed by atoms with Gasteiger partial charge in [0.1, 0.15) is 0 Å². The van der Waals surface area contributed by atoms with Crippen LogP contribution in [0.3, 0.4) is 0 Å². The number of likely N-dealkylation sites (N-methyl/N-ethyl adjacent to an activating group) is 1. The Kier molecular flexibility index (Phi) is 4.43. The van der Waals surface area contributed by atoms with Gasteiger partial charge >= 0.3 is 6.18 Å². The van der Waals surface area contributed by atoms with E-state index in [0.29, 0.717) is 5.52 Å². The molecule has 2 N–H and O–H groups in total. The molecule has 0 bridgehead atoms. The molecule has 3 aromatic rings. The van der Waals surface area contributed by atoms with E-state index < -0.39 is 11.7 Å². The Balaban J connectivity index is 1.60. The second-order valence-electron chi connectivity index (χ2n) is 6.75. The quantitative estimate of drug-likeness (QED) is 0.724. The van der Waals surface area contributed by atoms with E-state index in [4.69, 9.17) is 0 Å². The third kappa shape index (κ3) is 3.71. The summed E-state index contributed by atoms with van der Waals surface area (Å²) in [6, 6.07) is 11.3. The molecule has 0 unspecified atom stereocenters. The molecule has 0 saturated carbocycles. The van der Waals surface area contributed by atoms with Crippen molar-refractivity contribution in [1.82, 2.24) is 14.9 Å². The number of alkyl halides is 3. The Hall–Kier alpha value is -2.74. The Morgan fingerprint density at radius 3 is 2.52 bits per heavy atom. The minimum Gasteiger partial charge on any atom is -0.369 e. The van der Waals surface area contributed by atoms with Gasteiger partial charge < -0.3 is 20.1 Å². The molecular formula is C19H20F3N5. The van der Waals surface area contributed by atoms with E-state index in [0.717, 1.165) is 43.4 Å². The molecule has 1 aromatic heterocycles. The van der Waals surface area contributed by atoms with Crippen LogP contribution in [-0.4, -0.2) is 48.1 Å². The lowest BCUT2D eigenvalue weighted by atomic mass is 10.1. The first-order chi connectivity index (χ1) is 12.9. The number of aromatic nitrogens is 2. The topological polar surface area (TPSA) is 47.2 Å². The van der Waals surface area contributed by atoms with Crippen molar-refractivity contribution < 1.29 is 13.2 Å². The van der Waals surface area contributed by atoms with Gasteiger partial charge in [-0.3, -0.25) is 0 Å². The van der Waals surface area contributed by atoms with Crippen molar-refractivity contribution in [2.45, 2.75) is 6.18 Å². The summed E-state index contributed by atoms with van der Waals surface area (Å²) in [6.07, 6.45) is -4.43. The summed E-state index contributed by atoms with van der Waals surface area (Å²) in [5, 5.41) is 2.77. The summed E-state index contributed by atoms with van der Waals surface area (Å²) < 4.78 is 39.5. The highest BCUT2D eigenvalue weighted by molar-refractivity contribution is 5.82. The second-order valence-corrected chi connectivity index (χ2v) is 6.75. The van der Waals surface area contributed by atoms with Crippen LogP contribution in [0.15, 0.2) is 42.5 Å². The summed E-state index contributed by atoms with van der Waals surface area (Å²) >= 11 is 0. The second kappa shape index (κ2) is 6.77. The number of nitrogens with one attached hydrogen (secondary N) is 2. The number of hydrogen-bond donors (Lipinski definition) is 2. The van der Waals surface area contributed by atoms with Gasteiger partial charge in [0, 0.05) is 31.9 Å². The summed E-state index contributed by atoms with van der Waals surface area (Å²) in [5.41, 5.74) is 1.84. The Morgan fingerprint density at radius 2 is 1.78 bits per heavy atom. The van der Waals surface area contributed by atoms with Crippen molar-refractivity contribution in [3.05, 3.63) is 48.0 Å². The van der Waals surface area contributed by atoms with Gasteiger partial charge in [-0.15, -0.1) is 0 Å². The third-order valence-corrected chi connectivity index (χ3v) is 4.82. The van der Waals surface area contributed by atoms with Crippen molar-refractivity contribution in [3.8, 4) is 0 Å². The van der Waals surface area contributed by atoms with Gasteiger partial charge in [-0.25, -0.2) is 4.98 Å². The van der Waals surface area contributed by atoms with Gasteiger partial charge in [0.15, 0.2) is 0 Å². The van der Waals surface area contributed by atoms with Crippen molar-refractivity contribution in [1.29, 1.82) is 0 Å². The fourth-order valence-corrected chi connectivity index (χ4v) is 3.29. The number of piperazine rings is 1. The SMILES string of the molecule is CN1CCN(c2ccc3nc(Nc4ccccc4C(F)(F)F)[nH]c3c2)CC1. The number of para-hydroxylation sites is 1. The molecule has 0 atom stereocenters. The first kappa shape index (κ1) is 17.7. The van der Waals surface area contributed by atoms with Crippen LogP contribution in [0.2, 0.25) is 0 Å². The molecule has 0 spiro atoms. The van der Waals surface area contributed by atoms with Crippen LogP contribution in [0.4, 0.5) is 30.5 Å². The number of benzene rings is 2. The van der Waals surface area contributed by atoms with E-state index >= 15 is 0 Å². The lowest BCUT2D eigenvalue weighted by molar-refractivity contribution is -0.136. The van der Waals surface area contributed by atoms with Gasteiger partial charge in [0.25, 0.3) is 0 Å². The van der Waals surface area contributed by atoms with Crippen molar-refractivity contribution in [2.75, 3.05) is 43.4 Å². The summed E-state index contributed by atoms with van der Waals surface area (Å²) in [4.78, 5) is 12.0. The van der Waals surface area contributed by atoms with Gasteiger partial charge in [-0.1, -0.05) is 12.1 Å². The van der Waals surface area contributed by atoms with E-state index in [1.165, 1.54) is 12.1 Å². The fourth-order valence-electron chi connectivity index (χ4n) is 3.29. The minimum atomic E-state index is -4.43. The van der Waals surface area contributed by atoms with Crippen LogP contribution in [0.5, 0.6) is 0 Å². The Morgan fingerprint density at radius 1 is 1.04 bits per heavy atom. The molecule has 0 amide bonds. The molecule has 27 heavy (non-hydrogen) atoms. The number of hydrogen-bond acceptors (Lipinski definition) is 4. The normalized spacial score (nSPS) is 16.1. The Labute approximate surface area is 154 Å². The molecular weight excluding hydrogens is 355 g/mol. The van der Waals surface area contributed by atoms with Crippen LogP contribution >= 0.6 is 0 Å². The monoisotopic (exact) mass is 375 g/mol. The first-order valence-electron chi connectivity index (χ1n) is 8.77. The van der Waals surface area contributed by atoms with Gasteiger partial charge in [0.2, 0.25) is 5.95 Å². The highest BCUT2D eigenvalue weighted by atomic mass is 19.4. The predicted molar refractivity (Wildman–Crippen MR) is 101 cm³/mol. The molecule has 1 fully saturated rings. The maximum atomic E-state index is 13.2. The average Bonchev–Trinajstić information content (AvgIpc) is 3.03. The fraction of sp³-hybridized carbons (Fsp3) is 0.316. The van der Waals surface area contributed by atoms with E-state index in [2.05, 4.69) is 32.1 Å². The van der Waals surface area contributed by atoms with Crippen LogP contribution in [0.25, 0.3) is 11.0 Å². The van der Waals surface area contributed by atoms with Gasteiger partial charge in [-0.05, 0) is 37.4 Å². The largest absolute Gasteiger partial charge is 0.418 e. The lowest BCUT2D eigenvalue weighted by Gasteiger charge is -2.34. The standard InChI is InChI=1S/C19H20F3N5/c1-26-8-10-27(11-9-26)13-6-7-16-17(12-13)25-18(24-16)23-15-5-3-2-4-14(15)19(20,21)22/h2-7,12H,8-11H2,1H3,(H2,23,24,25). The number of rotatable bonds is 3.